The summed E-state index contributed by atoms with van der Waals surface area (Å²) < 4.78 is 0. The fraction of sp³-hybridized carbons (Fsp3) is 0.611. The molecule has 1 aromatic rings. The molecule has 2 aliphatic rings. The number of fused-ring (bicyclic) bond motifs is 1. The summed E-state index contributed by atoms with van der Waals surface area (Å²) in [4.78, 5) is 16.1. The highest BCUT2D eigenvalue weighted by molar-refractivity contribution is 8.01. The van der Waals surface area contributed by atoms with E-state index in [1.165, 1.54) is 36.3 Å². The summed E-state index contributed by atoms with van der Waals surface area (Å²) in [5, 5.41) is 3.19. The Hall–Kier alpha value is -1.00. The van der Waals surface area contributed by atoms with Gasteiger partial charge in [0.1, 0.15) is 0 Å². The molecule has 1 fully saturated rings. The molecule has 0 aromatic heterocycles. The van der Waals surface area contributed by atoms with Gasteiger partial charge in [0.2, 0.25) is 5.91 Å². The van der Waals surface area contributed by atoms with E-state index in [1.54, 1.807) is 11.8 Å². The first-order chi connectivity index (χ1) is 10.7. The highest BCUT2D eigenvalue weighted by atomic mass is 32.2. The number of nitrogens with one attached hydrogen (secondary N) is 1. The quantitative estimate of drug-likeness (QED) is 0.847. The first-order valence-corrected chi connectivity index (χ1v) is 9.38. The van der Waals surface area contributed by atoms with Crippen molar-refractivity contribution in [3.05, 3.63) is 29.8 Å². The number of thioether (sulfide) groups is 1. The zero-order valence-corrected chi connectivity index (χ0v) is 14.2. The molecule has 1 amide bonds. The number of nitrogens with zero attached hydrogens (tertiary/aromatic N) is 1. The van der Waals surface area contributed by atoms with Crippen LogP contribution < -0.4 is 5.32 Å². The molecule has 2 atom stereocenters. The molecule has 1 N–H and O–H groups in total. The van der Waals surface area contributed by atoms with E-state index >= 15 is 0 Å². The number of piperidine rings is 1. The number of hydrogen-bond acceptors (Lipinski definition) is 3. The minimum atomic E-state index is 0.0614. The molecule has 2 unspecified atom stereocenters. The number of carbonyl (C=O) groups excluding carboxylic acids is 1. The van der Waals surface area contributed by atoms with Gasteiger partial charge in [-0.15, -0.1) is 11.8 Å². The Morgan fingerprint density at radius 3 is 3.05 bits per heavy atom. The van der Waals surface area contributed by atoms with Crippen molar-refractivity contribution in [1.29, 1.82) is 0 Å². The summed E-state index contributed by atoms with van der Waals surface area (Å²) in [6.07, 6.45) is 5.95. The van der Waals surface area contributed by atoms with Crippen LogP contribution in [0.4, 0.5) is 0 Å². The van der Waals surface area contributed by atoms with Crippen LogP contribution in [0.5, 0.6) is 0 Å². The fourth-order valence-electron chi connectivity index (χ4n) is 3.43. The molecule has 22 heavy (non-hydrogen) atoms. The fourth-order valence-corrected chi connectivity index (χ4v) is 4.65. The van der Waals surface area contributed by atoms with Gasteiger partial charge in [0.15, 0.2) is 0 Å². The molecule has 1 aromatic carbocycles. The van der Waals surface area contributed by atoms with Crippen LogP contribution in [0, 0.1) is 0 Å². The lowest BCUT2D eigenvalue weighted by atomic mass is 10.0. The highest BCUT2D eigenvalue weighted by Gasteiger charge is 2.27. The van der Waals surface area contributed by atoms with Crippen molar-refractivity contribution in [3.63, 3.8) is 0 Å². The van der Waals surface area contributed by atoms with Gasteiger partial charge in [-0.25, -0.2) is 0 Å². The van der Waals surface area contributed by atoms with Crippen LogP contribution in [-0.4, -0.2) is 41.7 Å². The molecular weight excluding hydrogens is 292 g/mol. The SMILES string of the molecule is CC1CCCCN1CCCNC(=O)C1Cc2ccccc2S1. The number of carbonyl (C=O) groups is 1. The second kappa shape index (κ2) is 7.51. The average Bonchev–Trinajstić information content (AvgIpc) is 2.97. The number of benzene rings is 1. The molecular formula is C18H26N2OS. The van der Waals surface area contributed by atoms with E-state index in [0.717, 1.165) is 25.9 Å². The summed E-state index contributed by atoms with van der Waals surface area (Å²) >= 11 is 1.71. The van der Waals surface area contributed by atoms with E-state index in [2.05, 4.69) is 35.3 Å². The monoisotopic (exact) mass is 318 g/mol. The molecule has 3 rings (SSSR count). The predicted molar refractivity (Wildman–Crippen MR) is 92.3 cm³/mol. The van der Waals surface area contributed by atoms with Crippen molar-refractivity contribution in [2.24, 2.45) is 0 Å². The van der Waals surface area contributed by atoms with Crippen LogP contribution >= 0.6 is 11.8 Å². The third-order valence-corrected chi connectivity index (χ3v) is 6.12. The molecule has 0 spiro atoms. The third kappa shape index (κ3) is 3.85. The number of amides is 1. The average molecular weight is 318 g/mol. The summed E-state index contributed by atoms with van der Waals surface area (Å²) in [7, 11) is 0. The number of likely N-dealkylation sites (tertiary alicyclic amines) is 1. The molecule has 0 bridgehead atoms. The molecule has 0 saturated carbocycles. The van der Waals surface area contributed by atoms with E-state index in [1.807, 2.05) is 6.07 Å². The summed E-state index contributed by atoms with van der Waals surface area (Å²) in [6.45, 7) is 5.46. The van der Waals surface area contributed by atoms with Crippen molar-refractivity contribution in [3.8, 4) is 0 Å². The van der Waals surface area contributed by atoms with Gasteiger partial charge in [-0.3, -0.25) is 4.79 Å². The van der Waals surface area contributed by atoms with Gasteiger partial charge in [-0.2, -0.15) is 0 Å². The molecule has 0 radical (unpaired) electrons. The minimum Gasteiger partial charge on any atom is -0.355 e. The van der Waals surface area contributed by atoms with Crippen LogP contribution in [0.1, 0.15) is 38.2 Å². The smallest absolute Gasteiger partial charge is 0.233 e. The molecule has 4 heteroatoms. The lowest BCUT2D eigenvalue weighted by Crippen LogP contribution is -2.40. The summed E-state index contributed by atoms with van der Waals surface area (Å²) in [6, 6.07) is 9.06. The summed E-state index contributed by atoms with van der Waals surface area (Å²) in [5.74, 6) is 0.202. The third-order valence-electron chi connectivity index (χ3n) is 4.80. The number of rotatable bonds is 5. The Morgan fingerprint density at radius 2 is 2.23 bits per heavy atom. The molecule has 1 saturated heterocycles. The van der Waals surface area contributed by atoms with Gasteiger partial charge < -0.3 is 10.2 Å². The van der Waals surface area contributed by atoms with E-state index in [4.69, 9.17) is 0 Å². The van der Waals surface area contributed by atoms with Crippen molar-refractivity contribution < 1.29 is 4.79 Å². The standard InChI is InChI=1S/C18H26N2OS/c1-14-7-4-5-11-20(14)12-6-10-19-18(21)17-13-15-8-2-3-9-16(15)22-17/h2-3,8-9,14,17H,4-7,10-13H2,1H3,(H,19,21). The second-order valence-corrected chi connectivity index (χ2v) is 7.69. The largest absolute Gasteiger partial charge is 0.355 e. The van der Waals surface area contributed by atoms with Crippen molar-refractivity contribution >= 4 is 17.7 Å². The van der Waals surface area contributed by atoms with Crippen molar-refractivity contribution in [2.45, 2.75) is 55.2 Å². The van der Waals surface area contributed by atoms with E-state index in [-0.39, 0.29) is 11.2 Å². The van der Waals surface area contributed by atoms with Crippen LogP contribution in [0.15, 0.2) is 29.2 Å². The topological polar surface area (TPSA) is 32.3 Å². The number of hydrogen-bond donors (Lipinski definition) is 1. The zero-order valence-electron chi connectivity index (χ0n) is 13.4. The second-order valence-electron chi connectivity index (χ2n) is 6.44. The lowest BCUT2D eigenvalue weighted by Gasteiger charge is -2.33. The first kappa shape index (κ1) is 15.9. The molecule has 0 aliphatic carbocycles. The maximum Gasteiger partial charge on any atom is 0.233 e. The maximum atomic E-state index is 12.3. The first-order valence-electron chi connectivity index (χ1n) is 8.50. The molecule has 2 aliphatic heterocycles. The maximum absolute atomic E-state index is 12.3. The van der Waals surface area contributed by atoms with Crippen LogP contribution in [0.3, 0.4) is 0 Å². The van der Waals surface area contributed by atoms with Crippen LogP contribution in [-0.2, 0) is 11.2 Å². The van der Waals surface area contributed by atoms with E-state index in [9.17, 15) is 4.79 Å². The van der Waals surface area contributed by atoms with Crippen molar-refractivity contribution in [2.75, 3.05) is 19.6 Å². The van der Waals surface area contributed by atoms with Gasteiger partial charge in [0, 0.05) is 24.0 Å². The van der Waals surface area contributed by atoms with Gasteiger partial charge >= 0.3 is 0 Å². The van der Waals surface area contributed by atoms with Gasteiger partial charge in [-0.05, 0) is 50.8 Å². The van der Waals surface area contributed by atoms with E-state index < -0.39 is 0 Å². The molecule has 3 nitrogen and oxygen atoms in total. The van der Waals surface area contributed by atoms with Gasteiger partial charge in [0.05, 0.1) is 5.25 Å². The van der Waals surface area contributed by atoms with E-state index in [0.29, 0.717) is 6.04 Å². The van der Waals surface area contributed by atoms with Crippen LogP contribution in [0.25, 0.3) is 0 Å². The Morgan fingerprint density at radius 1 is 1.36 bits per heavy atom. The Bertz CT molecular complexity index is 495. The molecule has 120 valence electrons. The highest BCUT2D eigenvalue weighted by Crippen LogP contribution is 2.36. The van der Waals surface area contributed by atoms with Crippen molar-refractivity contribution in [1.82, 2.24) is 10.2 Å². The zero-order chi connectivity index (χ0) is 15.4. The van der Waals surface area contributed by atoms with Crippen LogP contribution in [0.2, 0.25) is 0 Å². The molecule has 2 heterocycles. The van der Waals surface area contributed by atoms with Gasteiger partial charge in [0.25, 0.3) is 0 Å². The normalized spacial score (nSPS) is 25.0. The summed E-state index contributed by atoms with van der Waals surface area (Å²) in [5.41, 5.74) is 1.31. The lowest BCUT2D eigenvalue weighted by molar-refractivity contribution is -0.120. The van der Waals surface area contributed by atoms with Gasteiger partial charge in [-0.1, -0.05) is 24.6 Å². The Labute approximate surface area is 137 Å². The Balaban J connectivity index is 1.37. The minimum absolute atomic E-state index is 0.0614. The Kier molecular flexibility index (Phi) is 5.42. The predicted octanol–water partition coefficient (Wildman–Crippen LogP) is 3.08.